The quantitative estimate of drug-likeness (QED) is 0.828. The molecule has 0 atom stereocenters. The van der Waals surface area contributed by atoms with Crippen molar-refractivity contribution >= 4 is 11.6 Å². The third-order valence-electron chi connectivity index (χ3n) is 2.42. The Hall–Kier alpha value is -2.29. The summed E-state index contributed by atoms with van der Waals surface area (Å²) in [4.78, 5) is 10.9. The number of aromatic hydroxyl groups is 1. The zero-order valence-corrected chi connectivity index (χ0v) is 9.47. The zero-order valence-electron chi connectivity index (χ0n) is 9.47. The van der Waals surface area contributed by atoms with Crippen LogP contribution in [-0.2, 0) is 4.79 Å². The van der Waals surface area contributed by atoms with Crippen molar-refractivity contribution in [3.8, 4) is 16.9 Å². The fraction of sp³-hybridized carbons (Fsp3) is 0.0714. The molecule has 17 heavy (non-hydrogen) atoms. The summed E-state index contributed by atoms with van der Waals surface area (Å²) in [5.74, 6) is 0.153. The molecule has 3 nitrogen and oxygen atoms in total. The van der Waals surface area contributed by atoms with Gasteiger partial charge in [0.25, 0.3) is 0 Å². The molecule has 0 aliphatic heterocycles. The van der Waals surface area contributed by atoms with Crippen molar-refractivity contribution in [2.24, 2.45) is 0 Å². The molecule has 0 bridgehead atoms. The first-order chi connectivity index (χ1) is 8.16. The second-order valence-corrected chi connectivity index (χ2v) is 3.78. The van der Waals surface area contributed by atoms with E-state index >= 15 is 0 Å². The van der Waals surface area contributed by atoms with Crippen molar-refractivity contribution in [2.75, 3.05) is 5.32 Å². The minimum absolute atomic E-state index is 0.0969. The van der Waals surface area contributed by atoms with Gasteiger partial charge in [-0.05, 0) is 23.8 Å². The lowest BCUT2D eigenvalue weighted by Gasteiger charge is -2.06. The van der Waals surface area contributed by atoms with E-state index in [4.69, 9.17) is 0 Å². The van der Waals surface area contributed by atoms with Gasteiger partial charge in [0.1, 0.15) is 5.75 Å². The molecular formula is C14H13NO2. The summed E-state index contributed by atoms with van der Waals surface area (Å²) in [7, 11) is 0. The van der Waals surface area contributed by atoms with Crippen LogP contribution < -0.4 is 5.32 Å². The number of carbonyl (C=O) groups is 1. The van der Waals surface area contributed by atoms with Crippen LogP contribution in [0.15, 0.2) is 48.5 Å². The van der Waals surface area contributed by atoms with Crippen LogP contribution in [0.25, 0.3) is 11.1 Å². The summed E-state index contributed by atoms with van der Waals surface area (Å²) < 4.78 is 0. The van der Waals surface area contributed by atoms with E-state index in [1.54, 1.807) is 12.1 Å². The molecule has 2 rings (SSSR count). The first-order valence-corrected chi connectivity index (χ1v) is 5.33. The molecule has 0 spiro atoms. The first kappa shape index (κ1) is 11.2. The maximum atomic E-state index is 10.9. The molecule has 0 aromatic heterocycles. The molecule has 1 amide bonds. The summed E-state index contributed by atoms with van der Waals surface area (Å²) in [6.07, 6.45) is 0. The van der Waals surface area contributed by atoms with Crippen molar-refractivity contribution in [2.45, 2.75) is 6.92 Å². The number of nitrogens with one attached hydrogen (secondary N) is 1. The van der Waals surface area contributed by atoms with E-state index in [1.165, 1.54) is 6.92 Å². The van der Waals surface area contributed by atoms with Crippen LogP contribution in [0, 0.1) is 0 Å². The fourth-order valence-corrected chi connectivity index (χ4v) is 1.65. The topological polar surface area (TPSA) is 49.3 Å². The molecular weight excluding hydrogens is 214 g/mol. The fourth-order valence-electron chi connectivity index (χ4n) is 1.65. The van der Waals surface area contributed by atoms with Gasteiger partial charge in [-0.1, -0.05) is 30.3 Å². The Morgan fingerprint density at radius 3 is 2.29 bits per heavy atom. The number of phenols is 1. The lowest BCUT2D eigenvalue weighted by atomic mass is 10.0. The Balaban J connectivity index is 2.30. The number of para-hydroxylation sites is 1. The van der Waals surface area contributed by atoms with E-state index in [0.29, 0.717) is 0 Å². The van der Waals surface area contributed by atoms with Gasteiger partial charge in [0.05, 0.1) is 0 Å². The van der Waals surface area contributed by atoms with Gasteiger partial charge in [-0.2, -0.15) is 0 Å². The maximum Gasteiger partial charge on any atom is 0.221 e. The second-order valence-electron chi connectivity index (χ2n) is 3.78. The van der Waals surface area contributed by atoms with Gasteiger partial charge in [-0.25, -0.2) is 0 Å². The van der Waals surface area contributed by atoms with Gasteiger partial charge in [-0.15, -0.1) is 0 Å². The van der Waals surface area contributed by atoms with E-state index in [1.807, 2.05) is 36.4 Å². The molecule has 0 saturated carbocycles. The number of carbonyl (C=O) groups excluding carboxylic acids is 1. The van der Waals surface area contributed by atoms with E-state index in [-0.39, 0.29) is 11.7 Å². The third kappa shape index (κ3) is 2.64. The molecule has 86 valence electrons. The van der Waals surface area contributed by atoms with Crippen molar-refractivity contribution < 1.29 is 9.90 Å². The highest BCUT2D eigenvalue weighted by atomic mass is 16.3. The normalized spacial score (nSPS) is 9.94. The minimum Gasteiger partial charge on any atom is -0.507 e. The molecule has 0 radical (unpaired) electrons. The smallest absolute Gasteiger partial charge is 0.221 e. The summed E-state index contributed by atoms with van der Waals surface area (Å²) in [6, 6.07) is 14.5. The standard InChI is InChI=1S/C14H13NO2/c1-10(16)15-12-8-6-11(7-9-12)13-4-2-3-5-14(13)17/h2-9,17H,1H3,(H,15,16). The molecule has 2 aromatic carbocycles. The van der Waals surface area contributed by atoms with Gasteiger partial charge < -0.3 is 10.4 Å². The monoisotopic (exact) mass is 227 g/mol. The summed E-state index contributed by atoms with van der Waals surface area (Å²) in [5, 5.41) is 12.4. The van der Waals surface area contributed by atoms with Gasteiger partial charge in [0.15, 0.2) is 0 Å². The molecule has 3 heteroatoms. The highest BCUT2D eigenvalue weighted by Gasteiger charge is 2.03. The average molecular weight is 227 g/mol. The Bertz CT molecular complexity index is 532. The maximum absolute atomic E-state index is 10.9. The average Bonchev–Trinajstić information content (AvgIpc) is 2.30. The molecule has 2 N–H and O–H groups in total. The van der Waals surface area contributed by atoms with E-state index in [9.17, 15) is 9.90 Å². The van der Waals surface area contributed by atoms with Crippen LogP contribution in [0.5, 0.6) is 5.75 Å². The molecule has 0 heterocycles. The van der Waals surface area contributed by atoms with Crippen molar-refractivity contribution in [3.63, 3.8) is 0 Å². The molecule has 2 aromatic rings. The molecule has 0 aliphatic carbocycles. The summed E-state index contributed by atoms with van der Waals surface area (Å²) in [6.45, 7) is 1.47. The highest BCUT2D eigenvalue weighted by Crippen LogP contribution is 2.29. The lowest BCUT2D eigenvalue weighted by Crippen LogP contribution is -2.05. The number of hydrogen-bond donors (Lipinski definition) is 2. The van der Waals surface area contributed by atoms with E-state index in [0.717, 1.165) is 16.8 Å². The van der Waals surface area contributed by atoms with Gasteiger partial charge in [-0.3, -0.25) is 4.79 Å². The van der Waals surface area contributed by atoms with Crippen LogP contribution in [0.1, 0.15) is 6.92 Å². The lowest BCUT2D eigenvalue weighted by molar-refractivity contribution is -0.114. The van der Waals surface area contributed by atoms with Crippen molar-refractivity contribution in [1.29, 1.82) is 0 Å². The van der Waals surface area contributed by atoms with Crippen molar-refractivity contribution in [1.82, 2.24) is 0 Å². The first-order valence-electron chi connectivity index (χ1n) is 5.33. The van der Waals surface area contributed by atoms with Crippen molar-refractivity contribution in [3.05, 3.63) is 48.5 Å². The molecule has 0 aliphatic rings. The molecule has 0 fully saturated rings. The number of rotatable bonds is 2. The summed E-state index contributed by atoms with van der Waals surface area (Å²) >= 11 is 0. The minimum atomic E-state index is -0.0969. The van der Waals surface area contributed by atoms with Gasteiger partial charge in [0.2, 0.25) is 5.91 Å². The van der Waals surface area contributed by atoms with E-state index in [2.05, 4.69) is 5.32 Å². The highest BCUT2D eigenvalue weighted by molar-refractivity contribution is 5.89. The van der Waals surface area contributed by atoms with Crippen LogP contribution in [-0.4, -0.2) is 11.0 Å². The second kappa shape index (κ2) is 4.70. The van der Waals surface area contributed by atoms with Gasteiger partial charge >= 0.3 is 0 Å². The number of hydrogen-bond acceptors (Lipinski definition) is 2. The van der Waals surface area contributed by atoms with E-state index < -0.39 is 0 Å². The number of amides is 1. The summed E-state index contributed by atoms with van der Waals surface area (Å²) in [5.41, 5.74) is 2.44. The largest absolute Gasteiger partial charge is 0.507 e. The SMILES string of the molecule is CC(=O)Nc1ccc(-c2ccccc2O)cc1. The van der Waals surface area contributed by atoms with Gasteiger partial charge in [0, 0.05) is 18.2 Å². The zero-order chi connectivity index (χ0) is 12.3. The Morgan fingerprint density at radius 1 is 1.06 bits per heavy atom. The Kier molecular flexibility index (Phi) is 3.10. The van der Waals surface area contributed by atoms with Crippen LogP contribution in [0.4, 0.5) is 5.69 Å². The number of benzene rings is 2. The third-order valence-corrected chi connectivity index (χ3v) is 2.42. The Labute approximate surface area is 99.7 Å². The molecule has 0 saturated heterocycles. The van der Waals surface area contributed by atoms with Crippen LogP contribution in [0.2, 0.25) is 0 Å². The van der Waals surface area contributed by atoms with Crippen LogP contribution in [0.3, 0.4) is 0 Å². The van der Waals surface area contributed by atoms with Crippen LogP contribution >= 0.6 is 0 Å². The number of phenolic OH excluding ortho intramolecular Hbond substituents is 1. The number of anilines is 1. The predicted molar refractivity (Wildman–Crippen MR) is 67.8 cm³/mol. The Morgan fingerprint density at radius 2 is 1.71 bits per heavy atom. The molecule has 0 unspecified atom stereocenters. The predicted octanol–water partition coefficient (Wildman–Crippen LogP) is 3.02.